The lowest BCUT2D eigenvalue weighted by Crippen LogP contribution is -2.31. The van der Waals surface area contributed by atoms with E-state index in [1.165, 1.54) is 0 Å². The van der Waals surface area contributed by atoms with Crippen molar-refractivity contribution < 1.29 is 19.4 Å². The zero-order valence-corrected chi connectivity index (χ0v) is 15.2. The molecule has 0 amide bonds. The molecule has 0 aromatic heterocycles. The van der Waals surface area contributed by atoms with Gasteiger partial charge in [-0.2, -0.15) is 0 Å². The minimum absolute atomic E-state index is 0.0235. The first kappa shape index (κ1) is 20.5. The zero-order chi connectivity index (χ0) is 19.2. The first-order valence-electron chi connectivity index (χ1n) is 7.86. The maximum atomic E-state index is 11.7. The summed E-state index contributed by atoms with van der Waals surface area (Å²) in [5, 5.41) is 15.7. The van der Waals surface area contributed by atoms with E-state index in [-0.39, 0.29) is 18.9 Å². The van der Waals surface area contributed by atoms with Gasteiger partial charge in [-0.05, 0) is 68.5 Å². The molecule has 0 aliphatic rings. The van der Waals surface area contributed by atoms with Crippen LogP contribution in [0.25, 0.3) is 10.4 Å². The van der Waals surface area contributed by atoms with Crippen molar-refractivity contribution >= 4 is 17.6 Å². The topological polar surface area (TPSA) is 124 Å². The number of rotatable bonds is 7. The second-order valence-corrected chi connectivity index (χ2v) is 6.73. The van der Waals surface area contributed by atoms with Crippen LogP contribution in [0.2, 0.25) is 0 Å². The number of carboxylic acids is 1. The van der Waals surface area contributed by atoms with E-state index in [1.807, 2.05) is 6.92 Å². The van der Waals surface area contributed by atoms with Gasteiger partial charge in [-0.15, -0.1) is 0 Å². The van der Waals surface area contributed by atoms with Crippen LogP contribution in [0.5, 0.6) is 0 Å². The molecule has 136 valence electrons. The number of carboxylic acid groups (broad SMARTS) is 1. The molecule has 8 nitrogen and oxygen atoms in total. The molecule has 0 aliphatic carbocycles. The third-order valence-electron chi connectivity index (χ3n) is 3.57. The molecule has 25 heavy (non-hydrogen) atoms. The Balaban J connectivity index is 2.99. The van der Waals surface area contributed by atoms with Gasteiger partial charge in [-0.25, -0.2) is 0 Å². The van der Waals surface area contributed by atoms with Crippen LogP contribution in [0.1, 0.15) is 43.0 Å². The molecule has 2 N–H and O–H groups in total. The average molecular weight is 348 g/mol. The molecule has 0 spiro atoms. The van der Waals surface area contributed by atoms with E-state index in [0.717, 1.165) is 11.1 Å². The largest absolute Gasteiger partial charge is 0.481 e. The van der Waals surface area contributed by atoms with E-state index in [2.05, 4.69) is 15.3 Å². The number of hydrogen-bond donors (Lipinski definition) is 2. The Morgan fingerprint density at radius 1 is 1.32 bits per heavy atom. The smallest absolute Gasteiger partial charge is 0.320 e. The number of aliphatic carboxylic acids is 1. The van der Waals surface area contributed by atoms with Crippen LogP contribution in [0.3, 0.4) is 0 Å². The second-order valence-electron chi connectivity index (χ2n) is 6.73. The van der Waals surface area contributed by atoms with Crippen molar-refractivity contribution in [1.82, 2.24) is 5.32 Å². The van der Waals surface area contributed by atoms with E-state index in [4.69, 9.17) is 15.4 Å². The summed E-state index contributed by atoms with van der Waals surface area (Å²) in [7, 11) is 0. The highest BCUT2D eigenvalue weighted by Crippen LogP contribution is 2.29. The van der Waals surface area contributed by atoms with Gasteiger partial charge in [-0.1, -0.05) is 5.11 Å². The standard InChI is InChI=1S/C17H24N4O4/c1-10-12(8-19-9-16(24)25-17(3,4)5)6-14(20-21-18)11(2)13(10)7-15(22)23/h6,19H,7-9H2,1-5H3,(H,22,23). The number of carbonyl (C=O) groups is 2. The van der Waals surface area contributed by atoms with Gasteiger partial charge in [-0.3, -0.25) is 9.59 Å². The average Bonchev–Trinajstić information content (AvgIpc) is 2.46. The quantitative estimate of drug-likeness (QED) is 0.338. The van der Waals surface area contributed by atoms with E-state index < -0.39 is 11.6 Å². The third kappa shape index (κ3) is 6.45. The summed E-state index contributed by atoms with van der Waals surface area (Å²) in [5.41, 5.74) is 11.4. The van der Waals surface area contributed by atoms with Crippen molar-refractivity contribution in [3.63, 3.8) is 0 Å². The monoisotopic (exact) mass is 348 g/mol. The Bertz CT molecular complexity index is 716. The van der Waals surface area contributed by atoms with Gasteiger partial charge in [0, 0.05) is 17.1 Å². The molecule has 8 heteroatoms. The summed E-state index contributed by atoms with van der Waals surface area (Å²) in [4.78, 5) is 25.6. The van der Waals surface area contributed by atoms with Gasteiger partial charge in [0.25, 0.3) is 0 Å². The zero-order valence-electron chi connectivity index (χ0n) is 15.2. The summed E-state index contributed by atoms with van der Waals surface area (Å²) in [6.45, 7) is 9.27. The summed E-state index contributed by atoms with van der Waals surface area (Å²) >= 11 is 0. The third-order valence-corrected chi connectivity index (χ3v) is 3.57. The van der Waals surface area contributed by atoms with Crippen LogP contribution in [0.15, 0.2) is 11.2 Å². The molecule has 1 rings (SSSR count). The van der Waals surface area contributed by atoms with Crippen LogP contribution >= 0.6 is 0 Å². The maximum absolute atomic E-state index is 11.7. The van der Waals surface area contributed by atoms with Crippen LogP contribution in [0.4, 0.5) is 5.69 Å². The number of nitrogens with one attached hydrogen (secondary N) is 1. The van der Waals surface area contributed by atoms with Crippen molar-refractivity contribution in [2.45, 2.75) is 53.2 Å². The summed E-state index contributed by atoms with van der Waals surface area (Å²) in [5.74, 6) is -1.34. The molecule has 0 saturated heterocycles. The van der Waals surface area contributed by atoms with Crippen molar-refractivity contribution in [3.05, 3.63) is 38.8 Å². The van der Waals surface area contributed by atoms with Crippen molar-refractivity contribution in [1.29, 1.82) is 0 Å². The van der Waals surface area contributed by atoms with Gasteiger partial charge in [0.2, 0.25) is 0 Å². The number of ether oxygens (including phenoxy) is 1. The van der Waals surface area contributed by atoms with E-state index in [9.17, 15) is 9.59 Å². The molecule has 0 bridgehead atoms. The van der Waals surface area contributed by atoms with Crippen LogP contribution in [-0.4, -0.2) is 29.2 Å². The van der Waals surface area contributed by atoms with Crippen molar-refractivity contribution in [2.75, 3.05) is 6.54 Å². The molecule has 1 aromatic rings. The number of hydrogen-bond acceptors (Lipinski definition) is 5. The van der Waals surface area contributed by atoms with Gasteiger partial charge in [0.05, 0.1) is 13.0 Å². The Morgan fingerprint density at radius 3 is 2.48 bits per heavy atom. The lowest BCUT2D eigenvalue weighted by atomic mass is 9.93. The predicted molar refractivity (Wildman–Crippen MR) is 93.6 cm³/mol. The molecular formula is C17H24N4O4. The Hall–Kier alpha value is -2.57. The highest BCUT2D eigenvalue weighted by Gasteiger charge is 2.17. The van der Waals surface area contributed by atoms with Crippen LogP contribution in [-0.2, 0) is 27.3 Å². The number of nitrogens with zero attached hydrogens (tertiary/aromatic N) is 3. The molecule has 0 saturated carbocycles. The van der Waals surface area contributed by atoms with Crippen LogP contribution in [0, 0.1) is 13.8 Å². The van der Waals surface area contributed by atoms with Gasteiger partial charge >= 0.3 is 11.9 Å². The molecule has 0 fully saturated rings. The van der Waals surface area contributed by atoms with Gasteiger partial charge in [0.15, 0.2) is 0 Å². The Labute approximate surface area is 146 Å². The number of benzene rings is 1. The highest BCUT2D eigenvalue weighted by atomic mass is 16.6. The summed E-state index contributed by atoms with van der Waals surface area (Å²) in [6, 6.07) is 1.71. The number of azide groups is 1. The van der Waals surface area contributed by atoms with Crippen molar-refractivity contribution in [3.8, 4) is 0 Å². The minimum Gasteiger partial charge on any atom is -0.481 e. The van der Waals surface area contributed by atoms with Gasteiger partial charge in [0.1, 0.15) is 5.60 Å². The van der Waals surface area contributed by atoms with E-state index in [0.29, 0.717) is 23.4 Å². The molecule has 0 radical (unpaired) electrons. The fraction of sp³-hybridized carbons (Fsp3) is 0.529. The fourth-order valence-corrected chi connectivity index (χ4v) is 2.44. The fourth-order valence-electron chi connectivity index (χ4n) is 2.44. The molecule has 1 aromatic carbocycles. The van der Waals surface area contributed by atoms with Gasteiger partial charge < -0.3 is 15.2 Å². The lowest BCUT2D eigenvalue weighted by Gasteiger charge is -2.20. The van der Waals surface area contributed by atoms with Crippen LogP contribution < -0.4 is 5.32 Å². The first-order chi connectivity index (χ1) is 11.5. The first-order valence-corrected chi connectivity index (χ1v) is 7.86. The SMILES string of the molecule is Cc1c(CNCC(=O)OC(C)(C)C)cc(N=[N+]=[N-])c(C)c1CC(=O)O. The Morgan fingerprint density at radius 2 is 1.96 bits per heavy atom. The molecule has 0 atom stereocenters. The maximum Gasteiger partial charge on any atom is 0.320 e. The molecule has 0 unspecified atom stereocenters. The Kier molecular flexibility index (Phi) is 6.97. The van der Waals surface area contributed by atoms with E-state index in [1.54, 1.807) is 33.8 Å². The lowest BCUT2D eigenvalue weighted by molar-refractivity contribution is -0.153. The molecule has 0 aliphatic heterocycles. The number of esters is 1. The normalized spacial score (nSPS) is 10.9. The second kappa shape index (κ2) is 8.50. The predicted octanol–water partition coefficient (Wildman–Crippen LogP) is 3.30. The molecular weight excluding hydrogens is 324 g/mol. The van der Waals surface area contributed by atoms with Crippen molar-refractivity contribution in [2.24, 2.45) is 5.11 Å². The molecule has 0 heterocycles. The highest BCUT2D eigenvalue weighted by molar-refractivity contribution is 5.73. The minimum atomic E-state index is -0.961. The summed E-state index contributed by atoms with van der Waals surface area (Å²) in [6.07, 6.45) is -0.161. The number of carbonyl (C=O) groups excluding carboxylic acids is 1. The van der Waals surface area contributed by atoms with E-state index >= 15 is 0 Å². The summed E-state index contributed by atoms with van der Waals surface area (Å²) < 4.78 is 5.22.